The van der Waals surface area contributed by atoms with E-state index in [1.54, 1.807) is 0 Å². The highest BCUT2D eigenvalue weighted by Gasteiger charge is 2.25. The largest absolute Gasteiger partial charge is 0.469 e. The maximum Gasteiger partial charge on any atom is 0.305 e. The van der Waals surface area contributed by atoms with E-state index in [-0.39, 0.29) is 5.97 Å². The van der Waals surface area contributed by atoms with Gasteiger partial charge in [0.25, 0.3) is 0 Å². The van der Waals surface area contributed by atoms with Gasteiger partial charge in [-0.1, -0.05) is 59.2 Å². The maximum atomic E-state index is 10.3. The van der Waals surface area contributed by atoms with Gasteiger partial charge in [-0.2, -0.15) is 0 Å². The van der Waals surface area contributed by atoms with Crippen LogP contribution in [0.25, 0.3) is 0 Å². The fraction of sp³-hybridized carbons (Fsp3) is 0.636. The van der Waals surface area contributed by atoms with Crippen LogP contribution in [0.3, 0.4) is 0 Å². The van der Waals surface area contributed by atoms with Crippen LogP contribution in [0.4, 0.5) is 0 Å². The summed E-state index contributed by atoms with van der Waals surface area (Å²) in [5.74, 6) is 4.42. The Kier molecular flexibility index (Phi) is 11.5. The number of methoxy groups -OCH3 is 1. The summed E-state index contributed by atoms with van der Waals surface area (Å²) in [6, 6.07) is 8.82. The van der Waals surface area contributed by atoms with Gasteiger partial charge in [0.15, 0.2) is 0 Å². The minimum atomic E-state index is -0.105. The third-order valence-electron chi connectivity index (χ3n) is 4.90. The SMILES string of the molecule is C1CSSC1.CCCCC(=O)OC.c1ccc2c(c1)CCCC2C1=NCCN1. The Labute approximate surface area is 178 Å². The molecule has 0 aromatic heterocycles. The van der Waals surface area contributed by atoms with E-state index in [1.165, 1.54) is 61.3 Å². The number of nitrogens with one attached hydrogen (secondary N) is 1. The topological polar surface area (TPSA) is 50.7 Å². The molecule has 28 heavy (non-hydrogen) atoms. The summed E-state index contributed by atoms with van der Waals surface area (Å²) in [5, 5.41) is 3.42. The van der Waals surface area contributed by atoms with Gasteiger partial charge in [-0.15, -0.1) is 0 Å². The second-order valence-electron chi connectivity index (χ2n) is 7.01. The number of hydrogen-bond acceptors (Lipinski definition) is 6. The average molecular weight is 423 g/mol. The lowest BCUT2D eigenvalue weighted by Gasteiger charge is -2.25. The number of nitrogens with zero attached hydrogens (tertiary/aromatic N) is 1. The van der Waals surface area contributed by atoms with Gasteiger partial charge in [-0.3, -0.25) is 9.79 Å². The molecule has 0 spiro atoms. The first-order valence-corrected chi connectivity index (χ1v) is 12.9. The maximum absolute atomic E-state index is 10.3. The summed E-state index contributed by atoms with van der Waals surface area (Å²) >= 11 is 0. The highest BCUT2D eigenvalue weighted by Crippen LogP contribution is 2.32. The molecule has 0 saturated carbocycles. The third kappa shape index (κ3) is 8.08. The van der Waals surface area contributed by atoms with Crippen LogP contribution < -0.4 is 5.32 Å². The smallest absolute Gasteiger partial charge is 0.305 e. The van der Waals surface area contributed by atoms with Crippen LogP contribution >= 0.6 is 21.6 Å². The van der Waals surface area contributed by atoms with E-state index in [1.807, 2.05) is 28.5 Å². The second kappa shape index (κ2) is 13.9. The highest BCUT2D eigenvalue weighted by molar-refractivity contribution is 8.77. The number of rotatable bonds is 4. The average Bonchev–Trinajstić information content (AvgIpc) is 3.49. The molecule has 1 fully saturated rings. The molecule has 6 heteroatoms. The molecular formula is C22H34N2O2S2. The van der Waals surface area contributed by atoms with E-state index in [2.05, 4.69) is 39.3 Å². The minimum absolute atomic E-state index is 0.105. The van der Waals surface area contributed by atoms with Gasteiger partial charge in [-0.05, 0) is 43.2 Å². The number of hydrogen-bond donors (Lipinski definition) is 1. The normalized spacial score (nSPS) is 19.8. The van der Waals surface area contributed by atoms with Crippen molar-refractivity contribution in [3.05, 3.63) is 35.4 Å². The lowest BCUT2D eigenvalue weighted by Crippen LogP contribution is -2.28. The number of fused-ring (bicyclic) bond motifs is 1. The molecule has 1 aromatic carbocycles. The molecule has 4 nitrogen and oxygen atoms in total. The predicted molar refractivity (Wildman–Crippen MR) is 123 cm³/mol. The van der Waals surface area contributed by atoms with Gasteiger partial charge in [0.05, 0.1) is 13.7 Å². The minimum Gasteiger partial charge on any atom is -0.469 e. The molecule has 156 valence electrons. The molecule has 2 heterocycles. The van der Waals surface area contributed by atoms with Crippen LogP contribution in [-0.4, -0.2) is 43.5 Å². The van der Waals surface area contributed by atoms with E-state index >= 15 is 0 Å². The summed E-state index contributed by atoms with van der Waals surface area (Å²) in [7, 11) is 5.40. The van der Waals surface area contributed by atoms with Gasteiger partial charge in [0.2, 0.25) is 0 Å². The van der Waals surface area contributed by atoms with Crippen LogP contribution in [0.15, 0.2) is 29.3 Å². The fourth-order valence-corrected chi connectivity index (χ4v) is 5.76. The monoisotopic (exact) mass is 422 g/mol. The summed E-state index contributed by atoms with van der Waals surface area (Å²) in [6.45, 7) is 4.02. The fourth-order valence-electron chi connectivity index (χ4n) is 3.41. The summed E-state index contributed by atoms with van der Waals surface area (Å²) in [4.78, 5) is 14.9. The number of ether oxygens (including phenoxy) is 1. The Hall–Kier alpha value is -1.14. The number of aliphatic imine (C=N–C) groups is 1. The standard InChI is InChI=1S/C13H16N2.C6H12O2.C3H6S2/c1-2-6-11-10(4-1)5-3-7-12(11)13-14-8-9-15-13;1-3-4-5-6(7)8-2;1-2-4-5-3-1/h1-2,4,6,12H,3,5,7-9H2,(H,14,15);3-5H2,1-2H3;1-3H2. The number of esters is 1. The molecule has 3 aliphatic rings. The predicted octanol–water partition coefficient (Wildman–Crippen LogP) is 5.23. The Balaban J connectivity index is 0.000000181. The summed E-state index contributed by atoms with van der Waals surface area (Å²) < 4.78 is 4.41. The van der Waals surface area contributed by atoms with Crippen molar-refractivity contribution in [3.63, 3.8) is 0 Å². The van der Waals surface area contributed by atoms with E-state index in [0.29, 0.717) is 12.3 Å². The molecule has 0 amide bonds. The quantitative estimate of drug-likeness (QED) is 0.532. The highest BCUT2D eigenvalue weighted by atomic mass is 33.1. The number of carbonyl (C=O) groups is 1. The van der Waals surface area contributed by atoms with Crippen molar-refractivity contribution in [3.8, 4) is 0 Å². The zero-order valence-electron chi connectivity index (χ0n) is 17.2. The number of benzene rings is 1. The van der Waals surface area contributed by atoms with Crippen LogP contribution in [0, 0.1) is 0 Å². The number of aryl methyl sites for hydroxylation is 1. The zero-order chi connectivity index (χ0) is 20.0. The van der Waals surface area contributed by atoms with E-state index in [4.69, 9.17) is 0 Å². The van der Waals surface area contributed by atoms with Crippen molar-refractivity contribution in [1.29, 1.82) is 0 Å². The number of unbranched alkanes of at least 4 members (excludes halogenated alkanes) is 1. The molecule has 0 bridgehead atoms. The van der Waals surface area contributed by atoms with Gasteiger partial charge >= 0.3 is 5.97 Å². The molecule has 1 saturated heterocycles. The van der Waals surface area contributed by atoms with E-state index in [9.17, 15) is 4.79 Å². The lowest BCUT2D eigenvalue weighted by molar-refractivity contribution is -0.140. The van der Waals surface area contributed by atoms with Gasteiger partial charge in [-0.25, -0.2) is 0 Å². The Morgan fingerprint density at radius 2 is 2.04 bits per heavy atom. The summed E-state index contributed by atoms with van der Waals surface area (Å²) in [5.41, 5.74) is 3.02. The van der Waals surface area contributed by atoms with Crippen molar-refractivity contribution in [2.75, 3.05) is 31.7 Å². The van der Waals surface area contributed by atoms with Crippen LogP contribution in [0.5, 0.6) is 0 Å². The van der Waals surface area contributed by atoms with Crippen molar-refractivity contribution < 1.29 is 9.53 Å². The van der Waals surface area contributed by atoms with Gasteiger partial charge in [0.1, 0.15) is 5.84 Å². The Morgan fingerprint density at radius 1 is 1.25 bits per heavy atom. The van der Waals surface area contributed by atoms with E-state index in [0.717, 1.165) is 25.9 Å². The molecule has 0 radical (unpaired) electrons. The lowest BCUT2D eigenvalue weighted by atomic mass is 9.82. The molecule has 1 atom stereocenters. The van der Waals surface area contributed by atoms with Crippen molar-refractivity contribution >= 4 is 33.4 Å². The van der Waals surface area contributed by atoms with Crippen molar-refractivity contribution in [2.45, 2.75) is 57.8 Å². The number of amidine groups is 1. The van der Waals surface area contributed by atoms with Crippen LogP contribution in [0.2, 0.25) is 0 Å². The molecule has 1 N–H and O–H groups in total. The Bertz CT molecular complexity index is 611. The van der Waals surface area contributed by atoms with Crippen molar-refractivity contribution in [1.82, 2.24) is 5.32 Å². The van der Waals surface area contributed by atoms with Crippen LogP contribution in [-0.2, 0) is 16.0 Å². The van der Waals surface area contributed by atoms with Gasteiger partial charge < -0.3 is 10.1 Å². The first kappa shape index (κ1) is 23.1. The third-order valence-corrected chi connectivity index (χ3v) is 7.48. The molecule has 2 aliphatic heterocycles. The van der Waals surface area contributed by atoms with Crippen LogP contribution in [0.1, 0.15) is 62.5 Å². The molecule has 1 aliphatic carbocycles. The first-order valence-electron chi connectivity index (χ1n) is 10.4. The summed E-state index contributed by atoms with van der Waals surface area (Å²) in [6.07, 6.45) is 7.76. The zero-order valence-corrected chi connectivity index (χ0v) is 18.9. The van der Waals surface area contributed by atoms with Crippen molar-refractivity contribution in [2.24, 2.45) is 4.99 Å². The second-order valence-corrected chi connectivity index (χ2v) is 9.72. The van der Waals surface area contributed by atoms with E-state index < -0.39 is 0 Å². The molecule has 1 unspecified atom stereocenters. The molecular weight excluding hydrogens is 388 g/mol. The molecule has 4 rings (SSSR count). The van der Waals surface area contributed by atoms with Gasteiger partial charge in [0, 0.05) is 30.4 Å². The Morgan fingerprint density at radius 3 is 2.64 bits per heavy atom. The first-order chi connectivity index (χ1) is 13.8. The number of carbonyl (C=O) groups excluding carboxylic acids is 1. The molecule has 1 aromatic rings.